The van der Waals surface area contributed by atoms with Gasteiger partial charge in [-0.3, -0.25) is 4.79 Å². The average molecular weight is 351 g/mol. The van der Waals surface area contributed by atoms with E-state index in [4.69, 9.17) is 9.47 Å². The molecule has 136 valence electrons. The van der Waals surface area contributed by atoms with E-state index in [0.717, 1.165) is 48.3 Å². The Morgan fingerprint density at radius 1 is 1.00 bits per heavy atom. The summed E-state index contributed by atoms with van der Waals surface area (Å²) in [6.07, 6.45) is 4.02. The Morgan fingerprint density at radius 2 is 1.69 bits per heavy atom. The summed E-state index contributed by atoms with van der Waals surface area (Å²) in [5, 5.41) is 3.25. The lowest BCUT2D eigenvalue weighted by Crippen LogP contribution is -2.43. The molecule has 0 aromatic heterocycles. The van der Waals surface area contributed by atoms with Crippen LogP contribution >= 0.6 is 0 Å². The van der Waals surface area contributed by atoms with Gasteiger partial charge in [-0.15, -0.1) is 0 Å². The number of rotatable bonds is 4. The maximum Gasteiger partial charge on any atom is 0.231 e. The number of hydrogen-bond acceptors (Lipinski definition) is 3. The third-order valence-electron chi connectivity index (χ3n) is 5.63. The van der Waals surface area contributed by atoms with E-state index < -0.39 is 5.41 Å². The normalized spacial score (nSPS) is 19.0. The van der Waals surface area contributed by atoms with Gasteiger partial charge in [-0.1, -0.05) is 49.2 Å². The van der Waals surface area contributed by atoms with Crippen molar-refractivity contribution >= 4 is 5.91 Å². The Kier molecular flexibility index (Phi) is 4.58. The highest BCUT2D eigenvalue weighted by atomic mass is 16.6. The van der Waals surface area contributed by atoms with Gasteiger partial charge < -0.3 is 14.8 Å². The maximum absolute atomic E-state index is 13.3. The van der Waals surface area contributed by atoms with Crippen LogP contribution in [0.25, 0.3) is 0 Å². The topological polar surface area (TPSA) is 47.6 Å². The average Bonchev–Trinajstić information content (AvgIpc) is 3.19. The van der Waals surface area contributed by atoms with Crippen LogP contribution in [0.4, 0.5) is 0 Å². The van der Waals surface area contributed by atoms with Crippen molar-refractivity contribution in [3.63, 3.8) is 0 Å². The lowest BCUT2D eigenvalue weighted by atomic mass is 9.77. The second-order valence-corrected chi connectivity index (χ2v) is 7.25. The molecule has 0 bridgehead atoms. The lowest BCUT2D eigenvalue weighted by Gasteiger charge is -2.30. The van der Waals surface area contributed by atoms with Crippen LogP contribution in [0.1, 0.15) is 49.8 Å². The number of benzene rings is 2. The van der Waals surface area contributed by atoms with Crippen LogP contribution in [-0.4, -0.2) is 19.1 Å². The van der Waals surface area contributed by atoms with E-state index in [1.54, 1.807) is 0 Å². The molecular weight excluding hydrogens is 326 g/mol. The molecule has 0 spiro atoms. The van der Waals surface area contributed by atoms with Crippen molar-refractivity contribution in [3.8, 4) is 11.5 Å². The first kappa shape index (κ1) is 17.0. The minimum Gasteiger partial charge on any atom is -0.486 e. The van der Waals surface area contributed by atoms with Gasteiger partial charge in [0.25, 0.3) is 0 Å². The maximum atomic E-state index is 13.3. The van der Waals surface area contributed by atoms with Gasteiger partial charge >= 0.3 is 0 Å². The molecule has 1 aliphatic carbocycles. The number of nitrogens with one attached hydrogen (secondary N) is 1. The predicted molar refractivity (Wildman–Crippen MR) is 101 cm³/mol. The van der Waals surface area contributed by atoms with Crippen molar-refractivity contribution in [2.45, 2.75) is 44.1 Å². The Morgan fingerprint density at radius 3 is 2.42 bits per heavy atom. The monoisotopic (exact) mass is 351 g/mol. The number of ether oxygens (including phenoxy) is 2. The fourth-order valence-corrected chi connectivity index (χ4v) is 4.13. The number of carbonyl (C=O) groups excluding carboxylic acids is 1. The molecule has 1 N–H and O–H groups in total. The fourth-order valence-electron chi connectivity index (χ4n) is 4.13. The molecule has 2 aromatic rings. The Bertz CT molecular complexity index is 781. The summed E-state index contributed by atoms with van der Waals surface area (Å²) >= 11 is 0. The molecule has 1 amide bonds. The van der Waals surface area contributed by atoms with Crippen molar-refractivity contribution in [2.24, 2.45) is 0 Å². The summed E-state index contributed by atoms with van der Waals surface area (Å²) in [6.45, 7) is 3.17. The highest BCUT2D eigenvalue weighted by Gasteiger charge is 2.42. The van der Waals surface area contributed by atoms with Crippen LogP contribution in [0, 0.1) is 0 Å². The quantitative estimate of drug-likeness (QED) is 0.900. The first-order valence-electron chi connectivity index (χ1n) is 9.45. The van der Waals surface area contributed by atoms with Gasteiger partial charge in [0.1, 0.15) is 13.2 Å². The van der Waals surface area contributed by atoms with E-state index >= 15 is 0 Å². The van der Waals surface area contributed by atoms with Crippen molar-refractivity contribution < 1.29 is 14.3 Å². The largest absolute Gasteiger partial charge is 0.486 e. The van der Waals surface area contributed by atoms with Gasteiger partial charge in [-0.05, 0) is 43.0 Å². The Hall–Kier alpha value is -2.49. The molecule has 1 heterocycles. The summed E-state index contributed by atoms with van der Waals surface area (Å²) in [4.78, 5) is 13.3. The Balaban J connectivity index is 1.55. The second kappa shape index (κ2) is 7.02. The minimum atomic E-state index is -0.399. The SMILES string of the molecule is C[C@@H](NC(=O)C1(c2ccccc2)CCCC1)c1ccc2c(c1)OCCO2. The molecule has 0 radical (unpaired) electrons. The summed E-state index contributed by atoms with van der Waals surface area (Å²) in [5.74, 6) is 1.66. The summed E-state index contributed by atoms with van der Waals surface area (Å²) in [5.41, 5.74) is 1.76. The number of hydrogen-bond donors (Lipinski definition) is 1. The van der Waals surface area contributed by atoms with Crippen LogP contribution in [0.5, 0.6) is 11.5 Å². The van der Waals surface area contributed by atoms with Gasteiger partial charge in [-0.25, -0.2) is 0 Å². The van der Waals surface area contributed by atoms with E-state index in [2.05, 4.69) is 17.4 Å². The molecule has 1 atom stereocenters. The lowest BCUT2D eigenvalue weighted by molar-refractivity contribution is -0.127. The van der Waals surface area contributed by atoms with Crippen LogP contribution in [0.15, 0.2) is 48.5 Å². The summed E-state index contributed by atoms with van der Waals surface area (Å²) in [7, 11) is 0. The molecule has 0 unspecified atom stereocenters. The van der Waals surface area contributed by atoms with Crippen LogP contribution in [-0.2, 0) is 10.2 Å². The second-order valence-electron chi connectivity index (χ2n) is 7.25. The first-order chi connectivity index (χ1) is 12.7. The zero-order valence-electron chi connectivity index (χ0n) is 15.2. The van der Waals surface area contributed by atoms with Crippen molar-refractivity contribution in [1.82, 2.24) is 5.32 Å². The Labute approximate surface area is 154 Å². The number of carbonyl (C=O) groups is 1. The number of fused-ring (bicyclic) bond motifs is 1. The molecule has 1 saturated carbocycles. The van der Waals surface area contributed by atoms with E-state index in [9.17, 15) is 4.79 Å². The summed E-state index contributed by atoms with van der Waals surface area (Å²) in [6, 6.07) is 16.0. The molecule has 4 rings (SSSR count). The van der Waals surface area contributed by atoms with Crippen molar-refractivity contribution in [3.05, 3.63) is 59.7 Å². The molecule has 4 nitrogen and oxygen atoms in total. The van der Waals surface area contributed by atoms with Crippen LogP contribution < -0.4 is 14.8 Å². The van der Waals surface area contributed by atoms with Gasteiger partial charge in [0, 0.05) is 0 Å². The molecule has 0 saturated heterocycles. The van der Waals surface area contributed by atoms with E-state index in [1.807, 2.05) is 43.3 Å². The molecule has 1 fully saturated rings. The molecule has 2 aromatic carbocycles. The summed E-state index contributed by atoms with van der Waals surface area (Å²) < 4.78 is 11.3. The highest BCUT2D eigenvalue weighted by Crippen LogP contribution is 2.42. The van der Waals surface area contributed by atoms with Crippen LogP contribution in [0.2, 0.25) is 0 Å². The zero-order chi connectivity index (χ0) is 18.0. The van der Waals surface area contributed by atoms with Gasteiger partial charge in [0.2, 0.25) is 5.91 Å². The third-order valence-corrected chi connectivity index (χ3v) is 5.63. The molecular formula is C22H25NO3. The van der Waals surface area contributed by atoms with Crippen molar-refractivity contribution in [1.29, 1.82) is 0 Å². The van der Waals surface area contributed by atoms with E-state index in [0.29, 0.717) is 13.2 Å². The van der Waals surface area contributed by atoms with E-state index in [1.165, 1.54) is 0 Å². The first-order valence-corrected chi connectivity index (χ1v) is 9.45. The van der Waals surface area contributed by atoms with Crippen LogP contribution in [0.3, 0.4) is 0 Å². The number of amides is 1. The standard InChI is InChI=1S/C22H25NO3/c1-16(17-9-10-19-20(15-17)26-14-13-25-19)23-21(24)22(11-5-6-12-22)18-7-3-2-4-8-18/h2-4,7-10,15-16H,5-6,11-14H2,1H3,(H,23,24)/t16-/m1/s1. The molecule has 26 heavy (non-hydrogen) atoms. The smallest absolute Gasteiger partial charge is 0.231 e. The molecule has 1 aliphatic heterocycles. The fraction of sp³-hybridized carbons (Fsp3) is 0.409. The van der Waals surface area contributed by atoms with Crippen molar-refractivity contribution in [2.75, 3.05) is 13.2 Å². The minimum absolute atomic E-state index is 0.0838. The van der Waals surface area contributed by atoms with Gasteiger partial charge in [-0.2, -0.15) is 0 Å². The van der Waals surface area contributed by atoms with Gasteiger partial charge in [0.15, 0.2) is 11.5 Å². The van der Waals surface area contributed by atoms with E-state index in [-0.39, 0.29) is 11.9 Å². The molecule has 2 aliphatic rings. The highest BCUT2D eigenvalue weighted by molar-refractivity contribution is 5.89. The third kappa shape index (κ3) is 3.05. The van der Waals surface area contributed by atoms with Gasteiger partial charge in [0.05, 0.1) is 11.5 Å². The zero-order valence-corrected chi connectivity index (χ0v) is 15.2. The predicted octanol–water partition coefficient (Wildman–Crippen LogP) is 4.15. The molecule has 4 heteroatoms.